The minimum atomic E-state index is -2.87. The minimum Gasteiger partial charge on any atom is -0.443 e. The molecule has 0 spiro atoms. The van der Waals surface area contributed by atoms with Crippen molar-refractivity contribution >= 4 is 22.6 Å². The van der Waals surface area contributed by atoms with Crippen molar-refractivity contribution < 1.29 is 23.0 Å². The molecule has 4 aromatic rings. The molecule has 0 saturated carbocycles. The zero-order valence-corrected chi connectivity index (χ0v) is 23.9. The molecule has 5 heterocycles. The van der Waals surface area contributed by atoms with Gasteiger partial charge in [0, 0.05) is 24.8 Å². The van der Waals surface area contributed by atoms with Crippen molar-refractivity contribution in [3.8, 4) is 17.6 Å². The Labute approximate surface area is 246 Å². The smallest absolute Gasteiger partial charge is 0.345 e. The molecular weight excluding hydrogens is 566 g/mol. The number of aromatic nitrogens is 4. The van der Waals surface area contributed by atoms with Crippen molar-refractivity contribution in [3.05, 3.63) is 76.6 Å². The molecule has 6 rings (SSSR count). The number of hydrogen-bond donors (Lipinski definition) is 0. The van der Waals surface area contributed by atoms with E-state index in [4.69, 9.17) is 30.8 Å². The second-order valence-corrected chi connectivity index (χ2v) is 11.2. The molecule has 2 aliphatic rings. The SMILES string of the molecule is CC(Cn1c(CN2CCC(c3cccc4c3OC(C)(c3ccc(Cl)cn3)O4)CC2)nc2cc(C#N)ncc21)OC(F)F. The number of piperidine rings is 1. The largest absolute Gasteiger partial charge is 0.443 e. The lowest BCUT2D eigenvalue weighted by atomic mass is 9.88. The number of ether oxygens (including phenoxy) is 3. The van der Waals surface area contributed by atoms with E-state index < -0.39 is 18.5 Å². The molecule has 0 radical (unpaired) electrons. The molecule has 2 atom stereocenters. The Morgan fingerprint density at radius 2 is 1.98 bits per heavy atom. The summed E-state index contributed by atoms with van der Waals surface area (Å²) in [5, 5.41) is 9.81. The highest BCUT2D eigenvalue weighted by molar-refractivity contribution is 6.30. The summed E-state index contributed by atoms with van der Waals surface area (Å²) in [4.78, 5) is 15.6. The molecule has 0 bridgehead atoms. The van der Waals surface area contributed by atoms with E-state index in [1.165, 1.54) is 0 Å². The van der Waals surface area contributed by atoms with Gasteiger partial charge >= 0.3 is 6.61 Å². The lowest BCUT2D eigenvalue weighted by Crippen LogP contribution is -2.34. The second-order valence-electron chi connectivity index (χ2n) is 10.8. The molecule has 42 heavy (non-hydrogen) atoms. The zero-order valence-electron chi connectivity index (χ0n) is 23.1. The van der Waals surface area contributed by atoms with Gasteiger partial charge in [0.1, 0.15) is 23.3 Å². The Kier molecular flexibility index (Phi) is 7.70. The molecule has 9 nitrogen and oxygen atoms in total. The van der Waals surface area contributed by atoms with Crippen molar-refractivity contribution in [2.75, 3.05) is 13.1 Å². The van der Waals surface area contributed by atoms with Gasteiger partial charge in [-0.15, -0.1) is 0 Å². The number of halogens is 3. The Bertz CT molecular complexity index is 1630. The fourth-order valence-corrected chi connectivity index (χ4v) is 5.87. The van der Waals surface area contributed by atoms with Gasteiger partial charge in [-0.05, 0) is 57.0 Å². The van der Waals surface area contributed by atoms with Crippen molar-refractivity contribution in [2.24, 2.45) is 0 Å². The molecule has 2 aliphatic heterocycles. The number of fused-ring (bicyclic) bond motifs is 2. The third kappa shape index (κ3) is 5.62. The van der Waals surface area contributed by atoms with Crippen LogP contribution in [-0.4, -0.2) is 50.2 Å². The summed E-state index contributed by atoms with van der Waals surface area (Å²) in [6.07, 6.45) is 4.19. The minimum absolute atomic E-state index is 0.189. The summed E-state index contributed by atoms with van der Waals surface area (Å²) in [6.45, 7) is 2.91. The molecule has 12 heteroatoms. The molecular formula is C30H29ClF2N6O3. The van der Waals surface area contributed by atoms with Crippen LogP contribution in [0.4, 0.5) is 8.78 Å². The summed E-state index contributed by atoms with van der Waals surface area (Å²) in [7, 11) is 0. The van der Waals surface area contributed by atoms with Crippen LogP contribution in [0.3, 0.4) is 0 Å². The van der Waals surface area contributed by atoms with Crippen LogP contribution in [0.25, 0.3) is 11.0 Å². The quantitative estimate of drug-likeness (QED) is 0.245. The zero-order chi connectivity index (χ0) is 29.4. The summed E-state index contributed by atoms with van der Waals surface area (Å²) in [6, 6.07) is 13.2. The Morgan fingerprint density at radius 1 is 1.17 bits per heavy atom. The molecule has 2 unspecified atom stereocenters. The van der Waals surface area contributed by atoms with E-state index in [9.17, 15) is 14.0 Å². The number of benzene rings is 1. The van der Waals surface area contributed by atoms with E-state index in [1.54, 1.807) is 37.5 Å². The number of rotatable bonds is 8. The molecule has 218 valence electrons. The summed E-state index contributed by atoms with van der Waals surface area (Å²) < 4.78 is 45.0. The van der Waals surface area contributed by atoms with Crippen LogP contribution in [0.2, 0.25) is 5.02 Å². The van der Waals surface area contributed by atoms with Gasteiger partial charge in [-0.25, -0.2) is 9.97 Å². The first-order valence-corrected chi connectivity index (χ1v) is 14.1. The molecule has 0 N–H and O–H groups in total. The predicted molar refractivity (Wildman–Crippen MR) is 150 cm³/mol. The highest BCUT2D eigenvalue weighted by atomic mass is 35.5. The van der Waals surface area contributed by atoms with Crippen LogP contribution >= 0.6 is 11.6 Å². The van der Waals surface area contributed by atoms with Crippen LogP contribution in [-0.2, 0) is 23.6 Å². The van der Waals surface area contributed by atoms with Gasteiger partial charge in [-0.3, -0.25) is 9.88 Å². The lowest BCUT2D eigenvalue weighted by molar-refractivity contribution is -0.160. The molecule has 1 saturated heterocycles. The summed E-state index contributed by atoms with van der Waals surface area (Å²) >= 11 is 6.02. The topological polar surface area (TPSA) is 98.3 Å². The van der Waals surface area contributed by atoms with Gasteiger partial charge in [0.15, 0.2) is 11.5 Å². The predicted octanol–water partition coefficient (Wildman–Crippen LogP) is 6.00. The van der Waals surface area contributed by atoms with Crippen LogP contribution < -0.4 is 9.47 Å². The van der Waals surface area contributed by atoms with E-state index in [2.05, 4.69) is 20.9 Å². The van der Waals surface area contributed by atoms with E-state index in [0.717, 1.165) is 37.2 Å². The summed E-state index contributed by atoms with van der Waals surface area (Å²) in [5.74, 6) is 1.36. The summed E-state index contributed by atoms with van der Waals surface area (Å²) in [5.41, 5.74) is 3.27. The fourth-order valence-electron chi connectivity index (χ4n) is 5.76. The fraction of sp³-hybridized carbons (Fsp3) is 0.400. The van der Waals surface area contributed by atoms with Crippen molar-refractivity contribution in [1.29, 1.82) is 5.26 Å². The van der Waals surface area contributed by atoms with E-state index >= 15 is 0 Å². The molecule has 3 aromatic heterocycles. The average molecular weight is 595 g/mol. The Morgan fingerprint density at radius 3 is 2.69 bits per heavy atom. The van der Waals surface area contributed by atoms with Crippen LogP contribution in [0.15, 0.2) is 48.8 Å². The first-order chi connectivity index (χ1) is 20.2. The Balaban J connectivity index is 1.17. The normalized spacial score (nSPS) is 19.8. The second kappa shape index (κ2) is 11.4. The standard InChI is InChI=1S/C30H29ClF2N6O3/c1-18(40-29(32)33)16-39-24-15-35-21(13-34)12-23(24)37-27(39)17-38-10-8-19(9-11-38)22-4-3-5-25-28(22)42-30(2,41-25)26-7-6-20(31)14-36-26/h3-7,12,14-15,18-19,29H,8-11,16-17H2,1-2H3. The number of nitrogens with zero attached hydrogens (tertiary/aromatic N) is 6. The molecule has 1 fully saturated rings. The molecule has 1 aromatic carbocycles. The van der Waals surface area contributed by atoms with Gasteiger partial charge in [-0.1, -0.05) is 23.7 Å². The maximum absolute atomic E-state index is 12.9. The Hall–Kier alpha value is -3.85. The third-order valence-electron chi connectivity index (χ3n) is 7.80. The van der Waals surface area contributed by atoms with Gasteiger partial charge in [-0.2, -0.15) is 14.0 Å². The van der Waals surface area contributed by atoms with Crippen LogP contribution in [0.5, 0.6) is 11.5 Å². The highest BCUT2D eigenvalue weighted by Crippen LogP contribution is 2.49. The first kappa shape index (κ1) is 28.3. The number of hydrogen-bond acceptors (Lipinski definition) is 8. The van der Waals surface area contributed by atoms with Crippen molar-refractivity contribution in [3.63, 3.8) is 0 Å². The average Bonchev–Trinajstić information content (AvgIpc) is 3.49. The van der Waals surface area contributed by atoms with E-state index in [-0.39, 0.29) is 18.2 Å². The number of nitriles is 1. The number of para-hydroxylation sites is 1. The van der Waals surface area contributed by atoms with Gasteiger partial charge < -0.3 is 18.8 Å². The van der Waals surface area contributed by atoms with Crippen molar-refractivity contribution in [2.45, 2.75) is 64.2 Å². The van der Waals surface area contributed by atoms with Crippen molar-refractivity contribution in [1.82, 2.24) is 24.4 Å². The van der Waals surface area contributed by atoms with Gasteiger partial charge in [0.05, 0.1) is 41.4 Å². The van der Waals surface area contributed by atoms with Crippen LogP contribution in [0.1, 0.15) is 55.4 Å². The maximum atomic E-state index is 12.9. The highest BCUT2D eigenvalue weighted by Gasteiger charge is 2.42. The van der Waals surface area contributed by atoms with Gasteiger partial charge in [0.2, 0.25) is 0 Å². The van der Waals surface area contributed by atoms with Crippen LogP contribution in [0, 0.1) is 11.3 Å². The lowest BCUT2D eigenvalue weighted by Gasteiger charge is -2.32. The number of pyridine rings is 2. The van der Waals surface area contributed by atoms with Gasteiger partial charge in [0.25, 0.3) is 5.79 Å². The number of alkyl halides is 2. The number of imidazole rings is 1. The first-order valence-electron chi connectivity index (χ1n) is 13.8. The third-order valence-corrected chi connectivity index (χ3v) is 8.02. The molecule has 0 amide bonds. The monoisotopic (exact) mass is 594 g/mol. The maximum Gasteiger partial charge on any atom is 0.345 e. The molecule has 0 aliphatic carbocycles. The number of likely N-dealkylation sites (tertiary alicyclic amines) is 1. The van der Waals surface area contributed by atoms with E-state index in [1.807, 2.05) is 29.7 Å². The van der Waals surface area contributed by atoms with E-state index in [0.29, 0.717) is 39.9 Å².